The van der Waals surface area contributed by atoms with Gasteiger partial charge in [-0.1, -0.05) is 23.2 Å². The molecule has 0 aliphatic rings. The minimum absolute atomic E-state index is 0.171. The number of ether oxygens (including phenoxy) is 1. The van der Waals surface area contributed by atoms with E-state index in [2.05, 4.69) is 10.1 Å². The monoisotopic (exact) mass is 387 g/mol. The van der Waals surface area contributed by atoms with Crippen molar-refractivity contribution in [2.24, 2.45) is 0 Å². The van der Waals surface area contributed by atoms with E-state index < -0.39 is 5.97 Å². The van der Waals surface area contributed by atoms with Crippen molar-refractivity contribution in [2.45, 2.75) is 12.7 Å². The Balaban J connectivity index is 1.84. The third kappa shape index (κ3) is 4.93. The van der Waals surface area contributed by atoms with Gasteiger partial charge >= 0.3 is 5.97 Å². The van der Waals surface area contributed by atoms with Crippen molar-refractivity contribution in [3.8, 4) is 0 Å². The van der Waals surface area contributed by atoms with Crippen LogP contribution in [-0.2, 0) is 15.3 Å². The third-order valence-corrected chi connectivity index (χ3v) is 4.75. The minimum Gasteiger partial charge on any atom is -0.465 e. The Bertz CT molecular complexity index is 761. The predicted octanol–water partition coefficient (Wildman–Crippen LogP) is 4.55. The van der Waals surface area contributed by atoms with Crippen LogP contribution in [0, 0.1) is 6.92 Å². The molecule has 2 aromatic rings. The molecule has 1 aromatic heterocycles. The highest BCUT2D eigenvalue weighted by Crippen LogP contribution is 2.25. The number of furan rings is 1. The van der Waals surface area contributed by atoms with Gasteiger partial charge in [0.25, 0.3) is 0 Å². The van der Waals surface area contributed by atoms with Crippen LogP contribution in [0.25, 0.3) is 0 Å². The zero-order chi connectivity index (χ0) is 17.7. The molecule has 1 amide bonds. The van der Waals surface area contributed by atoms with E-state index >= 15 is 0 Å². The molecule has 0 saturated heterocycles. The number of carbonyl (C=O) groups is 2. The van der Waals surface area contributed by atoms with Crippen molar-refractivity contribution in [1.82, 2.24) is 0 Å². The third-order valence-electron chi connectivity index (χ3n) is 3.05. The van der Waals surface area contributed by atoms with Gasteiger partial charge in [-0.2, -0.15) is 0 Å². The number of methoxy groups -OCH3 is 1. The predicted molar refractivity (Wildman–Crippen MR) is 96.0 cm³/mol. The molecule has 0 radical (unpaired) electrons. The number of aryl methyl sites for hydroxylation is 1. The lowest BCUT2D eigenvalue weighted by Crippen LogP contribution is -2.14. The number of carbonyl (C=O) groups excluding carboxylic acids is 2. The largest absolute Gasteiger partial charge is 0.465 e. The van der Waals surface area contributed by atoms with Crippen LogP contribution in [0.3, 0.4) is 0 Å². The summed E-state index contributed by atoms with van der Waals surface area (Å²) >= 11 is 13.1. The van der Waals surface area contributed by atoms with E-state index in [0.29, 0.717) is 38.6 Å². The van der Waals surface area contributed by atoms with Gasteiger partial charge in [-0.05, 0) is 31.2 Å². The van der Waals surface area contributed by atoms with E-state index in [4.69, 9.17) is 27.6 Å². The Morgan fingerprint density at radius 3 is 2.67 bits per heavy atom. The van der Waals surface area contributed by atoms with Crippen molar-refractivity contribution < 1.29 is 18.7 Å². The summed E-state index contributed by atoms with van der Waals surface area (Å²) in [6.45, 7) is 1.69. The molecular formula is C16H15Cl2NO4S. The summed E-state index contributed by atoms with van der Waals surface area (Å²) in [6.07, 6.45) is 0. The first-order chi connectivity index (χ1) is 11.4. The topological polar surface area (TPSA) is 68.5 Å². The number of amides is 1. The standard InChI is InChI=1S/C16H15Cl2NO4S/c1-9-12(16(21)22-2)6-11(23-9)7-24-8-15(20)19-10-3-4-13(17)14(18)5-10/h3-6H,7-8H2,1-2H3,(H,19,20). The van der Waals surface area contributed by atoms with E-state index in [9.17, 15) is 9.59 Å². The zero-order valence-electron chi connectivity index (χ0n) is 13.0. The number of nitrogens with one attached hydrogen (secondary N) is 1. The molecule has 0 spiro atoms. The quantitative estimate of drug-likeness (QED) is 0.736. The molecule has 0 unspecified atom stereocenters. The maximum absolute atomic E-state index is 11.9. The van der Waals surface area contributed by atoms with Gasteiger partial charge in [0.1, 0.15) is 17.1 Å². The summed E-state index contributed by atoms with van der Waals surface area (Å²) in [5.41, 5.74) is 0.977. The summed E-state index contributed by atoms with van der Waals surface area (Å²) < 4.78 is 10.1. The molecule has 0 aliphatic carbocycles. The fourth-order valence-electron chi connectivity index (χ4n) is 1.94. The molecule has 1 aromatic carbocycles. The van der Waals surface area contributed by atoms with Gasteiger partial charge in [0.15, 0.2) is 0 Å². The van der Waals surface area contributed by atoms with E-state index in [1.807, 2.05) is 0 Å². The number of hydrogen-bond donors (Lipinski definition) is 1. The highest BCUT2D eigenvalue weighted by atomic mass is 35.5. The highest BCUT2D eigenvalue weighted by Gasteiger charge is 2.15. The van der Waals surface area contributed by atoms with Crippen molar-refractivity contribution in [1.29, 1.82) is 0 Å². The van der Waals surface area contributed by atoms with Crippen molar-refractivity contribution in [2.75, 3.05) is 18.2 Å². The van der Waals surface area contributed by atoms with Gasteiger partial charge < -0.3 is 14.5 Å². The molecule has 0 saturated carbocycles. The lowest BCUT2D eigenvalue weighted by molar-refractivity contribution is -0.113. The van der Waals surface area contributed by atoms with E-state index in [1.165, 1.54) is 18.9 Å². The molecule has 24 heavy (non-hydrogen) atoms. The fourth-order valence-corrected chi connectivity index (χ4v) is 2.94. The molecular weight excluding hydrogens is 373 g/mol. The van der Waals surface area contributed by atoms with Crippen LogP contribution >= 0.6 is 35.0 Å². The second kappa shape index (κ2) is 8.46. The molecule has 1 heterocycles. The van der Waals surface area contributed by atoms with Crippen LogP contribution in [0.1, 0.15) is 21.9 Å². The molecule has 128 valence electrons. The highest BCUT2D eigenvalue weighted by molar-refractivity contribution is 7.99. The lowest BCUT2D eigenvalue weighted by Gasteiger charge is -2.05. The molecule has 1 N–H and O–H groups in total. The number of anilines is 1. The summed E-state index contributed by atoms with van der Waals surface area (Å²) in [5.74, 6) is 1.19. The number of esters is 1. The molecule has 5 nitrogen and oxygen atoms in total. The van der Waals surface area contributed by atoms with Crippen LogP contribution in [0.2, 0.25) is 10.0 Å². The first-order valence-electron chi connectivity index (χ1n) is 6.91. The van der Waals surface area contributed by atoms with Gasteiger partial charge in [0.05, 0.1) is 28.7 Å². The van der Waals surface area contributed by atoms with Gasteiger partial charge in [-0.3, -0.25) is 4.79 Å². The minimum atomic E-state index is -0.440. The van der Waals surface area contributed by atoms with E-state index in [1.54, 1.807) is 31.2 Å². The van der Waals surface area contributed by atoms with Crippen LogP contribution in [0.15, 0.2) is 28.7 Å². The Labute approximate surface area is 153 Å². The second-order valence-corrected chi connectivity index (χ2v) is 6.64. The molecule has 0 fully saturated rings. The lowest BCUT2D eigenvalue weighted by atomic mass is 10.2. The SMILES string of the molecule is COC(=O)c1cc(CSCC(=O)Nc2ccc(Cl)c(Cl)c2)oc1C. The number of benzene rings is 1. The number of thioether (sulfide) groups is 1. The Morgan fingerprint density at radius 2 is 2.00 bits per heavy atom. The van der Waals surface area contributed by atoms with Gasteiger partial charge in [0.2, 0.25) is 5.91 Å². The van der Waals surface area contributed by atoms with Crippen LogP contribution in [0.4, 0.5) is 5.69 Å². The van der Waals surface area contributed by atoms with E-state index in [-0.39, 0.29) is 11.7 Å². The average Bonchev–Trinajstić information content (AvgIpc) is 2.91. The molecule has 8 heteroatoms. The van der Waals surface area contributed by atoms with Crippen LogP contribution in [-0.4, -0.2) is 24.7 Å². The molecule has 0 atom stereocenters. The maximum Gasteiger partial charge on any atom is 0.341 e. The second-order valence-electron chi connectivity index (χ2n) is 4.84. The maximum atomic E-state index is 11.9. The van der Waals surface area contributed by atoms with Gasteiger partial charge in [0, 0.05) is 5.69 Å². The molecule has 0 bridgehead atoms. The number of hydrogen-bond acceptors (Lipinski definition) is 5. The van der Waals surface area contributed by atoms with Crippen molar-refractivity contribution in [3.63, 3.8) is 0 Å². The van der Waals surface area contributed by atoms with Crippen molar-refractivity contribution in [3.05, 3.63) is 51.4 Å². The first-order valence-corrected chi connectivity index (χ1v) is 8.82. The van der Waals surface area contributed by atoms with E-state index in [0.717, 1.165) is 0 Å². The average molecular weight is 388 g/mol. The first kappa shape index (κ1) is 18.7. The van der Waals surface area contributed by atoms with Gasteiger partial charge in [-0.25, -0.2) is 4.79 Å². The van der Waals surface area contributed by atoms with Crippen molar-refractivity contribution >= 4 is 52.5 Å². The Hall–Kier alpha value is -1.63. The summed E-state index contributed by atoms with van der Waals surface area (Å²) in [7, 11) is 1.32. The summed E-state index contributed by atoms with van der Waals surface area (Å²) in [4.78, 5) is 23.4. The fraction of sp³-hybridized carbons (Fsp3) is 0.250. The smallest absolute Gasteiger partial charge is 0.341 e. The number of rotatable bonds is 6. The van der Waals surface area contributed by atoms with Crippen LogP contribution < -0.4 is 5.32 Å². The summed E-state index contributed by atoms with van der Waals surface area (Å²) in [6, 6.07) is 6.51. The summed E-state index contributed by atoms with van der Waals surface area (Å²) in [5, 5.41) is 3.54. The Kier molecular flexibility index (Phi) is 6.60. The zero-order valence-corrected chi connectivity index (χ0v) is 15.3. The van der Waals surface area contributed by atoms with Crippen LogP contribution in [0.5, 0.6) is 0 Å². The molecule has 0 aliphatic heterocycles. The number of halogens is 2. The van der Waals surface area contributed by atoms with Gasteiger partial charge in [-0.15, -0.1) is 11.8 Å². The Morgan fingerprint density at radius 1 is 1.25 bits per heavy atom. The normalized spacial score (nSPS) is 10.5. The molecule has 2 rings (SSSR count).